The molecule has 0 radical (unpaired) electrons. The lowest BCUT2D eigenvalue weighted by molar-refractivity contribution is 0.00510. The van der Waals surface area contributed by atoms with Crippen molar-refractivity contribution in [2.24, 2.45) is 0 Å². The first-order chi connectivity index (χ1) is 8.63. The highest BCUT2D eigenvalue weighted by Gasteiger charge is 2.28. The molecule has 98 valence electrons. The van der Waals surface area contributed by atoms with Crippen molar-refractivity contribution in [3.8, 4) is 5.75 Å². The molecule has 1 atom stereocenters. The van der Waals surface area contributed by atoms with Crippen LogP contribution in [0.3, 0.4) is 0 Å². The van der Waals surface area contributed by atoms with E-state index in [0.29, 0.717) is 30.1 Å². The van der Waals surface area contributed by atoms with Crippen LogP contribution in [-0.4, -0.2) is 47.0 Å². The Morgan fingerprint density at radius 1 is 1.61 bits per heavy atom. The van der Waals surface area contributed by atoms with Gasteiger partial charge in [-0.25, -0.2) is 0 Å². The fourth-order valence-electron chi connectivity index (χ4n) is 1.89. The van der Waals surface area contributed by atoms with Crippen molar-refractivity contribution in [1.82, 2.24) is 4.90 Å². The number of hydrogen-bond acceptors (Lipinski definition) is 3. The molecule has 0 aromatic heterocycles. The topological polar surface area (TPSA) is 49.8 Å². The maximum atomic E-state index is 12.3. The Bertz CT molecular complexity index is 455. The second-order valence-electron chi connectivity index (χ2n) is 4.04. The Kier molecular flexibility index (Phi) is 4.48. The number of alkyl halides is 1. The summed E-state index contributed by atoms with van der Waals surface area (Å²) in [5.74, 6) is -0.288. The number of carbonyl (C=O) groups is 1. The normalized spacial score (nSPS) is 19.9. The molecular weight excluding hydrogens is 321 g/mol. The molecule has 2 rings (SSSR count). The zero-order chi connectivity index (χ0) is 13.1. The molecule has 18 heavy (non-hydrogen) atoms. The van der Waals surface area contributed by atoms with Gasteiger partial charge in [0.25, 0.3) is 5.91 Å². The predicted octanol–water partition coefficient (Wildman–Crippen LogP) is 2.28. The van der Waals surface area contributed by atoms with Gasteiger partial charge in [-0.15, -0.1) is 0 Å². The molecule has 1 amide bonds. The predicted molar refractivity (Wildman–Crippen MR) is 72.6 cm³/mol. The average Bonchev–Trinajstić information content (AvgIpc) is 2.38. The first kappa shape index (κ1) is 13.6. The van der Waals surface area contributed by atoms with Gasteiger partial charge in [0.15, 0.2) is 0 Å². The quantitative estimate of drug-likeness (QED) is 0.844. The van der Waals surface area contributed by atoms with E-state index in [2.05, 4.69) is 15.9 Å². The molecule has 0 bridgehead atoms. The van der Waals surface area contributed by atoms with Crippen molar-refractivity contribution in [1.29, 1.82) is 0 Å². The van der Waals surface area contributed by atoms with Crippen molar-refractivity contribution in [2.75, 3.05) is 25.1 Å². The van der Waals surface area contributed by atoms with Crippen molar-refractivity contribution in [2.45, 2.75) is 6.04 Å². The summed E-state index contributed by atoms with van der Waals surface area (Å²) in [5, 5.41) is 10.8. The van der Waals surface area contributed by atoms with Crippen LogP contribution in [0.25, 0.3) is 0 Å². The number of phenolic OH excluding ortho intramolecular Hbond substituents is 1. The zero-order valence-electron chi connectivity index (χ0n) is 9.60. The average molecular weight is 335 g/mol. The van der Waals surface area contributed by atoms with Crippen molar-refractivity contribution >= 4 is 33.4 Å². The number of carbonyl (C=O) groups excluding carboxylic acids is 1. The van der Waals surface area contributed by atoms with Crippen LogP contribution in [0.1, 0.15) is 10.4 Å². The molecule has 1 heterocycles. The smallest absolute Gasteiger partial charge is 0.258 e. The van der Waals surface area contributed by atoms with Crippen LogP contribution in [0, 0.1) is 0 Å². The molecular formula is C12H13BrClNO3. The summed E-state index contributed by atoms with van der Waals surface area (Å²) < 4.78 is 5.33. The molecule has 4 nitrogen and oxygen atoms in total. The number of hydrogen-bond donors (Lipinski definition) is 1. The molecule has 0 saturated carbocycles. The number of nitrogens with zero attached hydrogens (tertiary/aromatic N) is 1. The molecule has 1 saturated heterocycles. The maximum absolute atomic E-state index is 12.3. The van der Waals surface area contributed by atoms with Gasteiger partial charge in [0, 0.05) is 16.9 Å². The Morgan fingerprint density at radius 2 is 2.39 bits per heavy atom. The monoisotopic (exact) mass is 333 g/mol. The summed E-state index contributed by atoms with van der Waals surface area (Å²) >= 11 is 9.12. The molecule has 1 aliphatic heterocycles. The Morgan fingerprint density at radius 3 is 3.06 bits per heavy atom. The number of ether oxygens (including phenoxy) is 1. The number of aromatic hydroxyl groups is 1. The van der Waals surface area contributed by atoms with Gasteiger partial charge in [0.1, 0.15) is 5.75 Å². The van der Waals surface area contributed by atoms with Crippen LogP contribution in [0.5, 0.6) is 5.75 Å². The number of rotatable bonds is 2. The Hall–Kier alpha value is -0.780. The number of morpholine rings is 1. The highest BCUT2D eigenvalue weighted by molar-refractivity contribution is 9.09. The third-order valence-electron chi connectivity index (χ3n) is 2.86. The van der Waals surface area contributed by atoms with E-state index < -0.39 is 0 Å². The summed E-state index contributed by atoms with van der Waals surface area (Å²) in [6.07, 6.45) is 0. The minimum absolute atomic E-state index is 0.0127. The summed E-state index contributed by atoms with van der Waals surface area (Å²) in [6, 6.07) is 4.50. The van der Waals surface area contributed by atoms with Gasteiger partial charge in [-0.2, -0.15) is 0 Å². The van der Waals surface area contributed by atoms with E-state index in [0.717, 1.165) is 0 Å². The molecule has 1 aromatic carbocycles. The van der Waals surface area contributed by atoms with E-state index in [9.17, 15) is 9.90 Å². The lowest BCUT2D eigenvalue weighted by Crippen LogP contribution is -2.49. The number of benzene rings is 1. The minimum Gasteiger partial charge on any atom is -0.507 e. The molecule has 0 spiro atoms. The molecule has 1 N–H and O–H groups in total. The number of phenols is 1. The highest BCUT2D eigenvalue weighted by Crippen LogP contribution is 2.24. The summed E-state index contributed by atoms with van der Waals surface area (Å²) in [7, 11) is 0. The van der Waals surface area contributed by atoms with Gasteiger partial charge in [0.2, 0.25) is 0 Å². The van der Waals surface area contributed by atoms with Gasteiger partial charge in [-0.3, -0.25) is 4.79 Å². The number of halogens is 2. The lowest BCUT2D eigenvalue weighted by Gasteiger charge is -2.34. The molecule has 1 aromatic rings. The van der Waals surface area contributed by atoms with Crippen LogP contribution in [0.4, 0.5) is 0 Å². The second kappa shape index (κ2) is 5.91. The Balaban J connectivity index is 2.24. The maximum Gasteiger partial charge on any atom is 0.258 e. The molecule has 1 unspecified atom stereocenters. The molecule has 0 aliphatic carbocycles. The third-order valence-corrected chi connectivity index (χ3v) is 3.84. The highest BCUT2D eigenvalue weighted by atomic mass is 79.9. The van der Waals surface area contributed by atoms with Crippen LogP contribution in [0.15, 0.2) is 18.2 Å². The zero-order valence-corrected chi connectivity index (χ0v) is 11.9. The van der Waals surface area contributed by atoms with Crippen LogP contribution >= 0.6 is 27.5 Å². The minimum atomic E-state index is -0.197. The first-order valence-electron chi connectivity index (χ1n) is 5.56. The summed E-state index contributed by atoms with van der Waals surface area (Å²) in [4.78, 5) is 14.1. The van der Waals surface area contributed by atoms with E-state index in [1.54, 1.807) is 17.0 Å². The van der Waals surface area contributed by atoms with E-state index in [4.69, 9.17) is 16.3 Å². The van der Waals surface area contributed by atoms with E-state index in [1.165, 1.54) is 6.07 Å². The number of amides is 1. The lowest BCUT2D eigenvalue weighted by atomic mass is 10.1. The fourth-order valence-corrected chi connectivity index (χ4v) is 2.59. The van der Waals surface area contributed by atoms with Gasteiger partial charge >= 0.3 is 0 Å². The van der Waals surface area contributed by atoms with Crippen LogP contribution in [0.2, 0.25) is 5.02 Å². The van der Waals surface area contributed by atoms with E-state index >= 15 is 0 Å². The van der Waals surface area contributed by atoms with Gasteiger partial charge in [-0.1, -0.05) is 27.5 Å². The largest absolute Gasteiger partial charge is 0.507 e. The van der Waals surface area contributed by atoms with Crippen molar-refractivity contribution in [3.05, 3.63) is 28.8 Å². The third kappa shape index (κ3) is 2.79. The molecule has 1 fully saturated rings. The van der Waals surface area contributed by atoms with Crippen LogP contribution < -0.4 is 0 Å². The summed E-state index contributed by atoms with van der Waals surface area (Å²) in [6.45, 7) is 1.55. The fraction of sp³-hybridized carbons (Fsp3) is 0.417. The van der Waals surface area contributed by atoms with Crippen molar-refractivity contribution in [3.63, 3.8) is 0 Å². The Labute approximate surface area is 119 Å². The second-order valence-corrected chi connectivity index (χ2v) is 5.13. The van der Waals surface area contributed by atoms with E-state index in [1.807, 2.05) is 0 Å². The summed E-state index contributed by atoms with van der Waals surface area (Å²) in [5.41, 5.74) is 0.271. The SMILES string of the molecule is O=C(c1ccc(Cl)cc1O)N1CCOCC1CBr. The van der Waals surface area contributed by atoms with Gasteiger partial charge < -0.3 is 14.7 Å². The van der Waals surface area contributed by atoms with Crippen LogP contribution in [-0.2, 0) is 4.74 Å². The molecule has 6 heteroatoms. The standard InChI is InChI=1S/C12H13BrClNO3/c13-6-9-7-18-4-3-15(9)12(17)10-2-1-8(14)5-11(10)16/h1-2,5,9,16H,3-4,6-7H2. The van der Waals surface area contributed by atoms with E-state index in [-0.39, 0.29) is 23.3 Å². The van der Waals surface area contributed by atoms with Gasteiger partial charge in [-0.05, 0) is 18.2 Å². The van der Waals surface area contributed by atoms with Crippen molar-refractivity contribution < 1.29 is 14.6 Å². The first-order valence-corrected chi connectivity index (χ1v) is 7.06. The van der Waals surface area contributed by atoms with Gasteiger partial charge in [0.05, 0.1) is 24.8 Å². The molecule has 1 aliphatic rings.